The molecule has 0 aliphatic carbocycles. The van der Waals surface area contributed by atoms with E-state index in [0.29, 0.717) is 12.8 Å². The van der Waals surface area contributed by atoms with E-state index in [0.717, 1.165) is 70.0 Å². The fourth-order valence-electron chi connectivity index (χ4n) is 6.12. The molecular formula is C27H32F5N3O2. The van der Waals surface area contributed by atoms with Gasteiger partial charge >= 0.3 is 0 Å². The van der Waals surface area contributed by atoms with Crippen LogP contribution in [0.3, 0.4) is 0 Å². The maximum absolute atomic E-state index is 14.1. The minimum Gasteiger partial charge on any atom is -0.495 e. The summed E-state index contributed by atoms with van der Waals surface area (Å²) in [5.74, 6) is -10.2. The Kier molecular flexibility index (Phi) is 7.76. The van der Waals surface area contributed by atoms with Gasteiger partial charge < -0.3 is 14.4 Å². The SMILES string of the molecule is COc1ccccc1N1CCN(CCCN2[C@@H]3CC[C@H]2C[C@@H](Oc2c(F)c(F)c(F)c(F)c2F)C3)CC1. The summed E-state index contributed by atoms with van der Waals surface area (Å²) in [5, 5.41) is 0. The molecule has 3 fully saturated rings. The number of hydrogen-bond donors (Lipinski definition) is 0. The molecule has 10 heteroatoms. The fraction of sp³-hybridized carbons (Fsp3) is 0.556. The fourth-order valence-corrected chi connectivity index (χ4v) is 6.12. The molecule has 3 aliphatic rings. The van der Waals surface area contributed by atoms with Crippen molar-refractivity contribution in [1.29, 1.82) is 0 Å². The Morgan fingerprint density at radius 1 is 0.784 bits per heavy atom. The third-order valence-corrected chi connectivity index (χ3v) is 7.98. The van der Waals surface area contributed by atoms with E-state index in [4.69, 9.17) is 9.47 Å². The van der Waals surface area contributed by atoms with Crippen molar-refractivity contribution < 1.29 is 31.4 Å². The van der Waals surface area contributed by atoms with E-state index in [-0.39, 0.29) is 12.1 Å². The Morgan fingerprint density at radius 3 is 2.00 bits per heavy atom. The molecule has 0 N–H and O–H groups in total. The first kappa shape index (κ1) is 26.0. The topological polar surface area (TPSA) is 28.2 Å². The largest absolute Gasteiger partial charge is 0.495 e. The highest BCUT2D eigenvalue weighted by Crippen LogP contribution is 2.39. The number of methoxy groups -OCH3 is 1. The highest BCUT2D eigenvalue weighted by Gasteiger charge is 2.42. The molecule has 0 amide bonds. The lowest BCUT2D eigenvalue weighted by Gasteiger charge is -2.40. The normalized spacial score (nSPS) is 24.5. The number of ether oxygens (including phenoxy) is 2. The molecule has 0 radical (unpaired) electrons. The maximum atomic E-state index is 14.1. The van der Waals surface area contributed by atoms with Gasteiger partial charge in [0.05, 0.1) is 12.8 Å². The van der Waals surface area contributed by atoms with Gasteiger partial charge in [-0.2, -0.15) is 8.78 Å². The van der Waals surface area contributed by atoms with Crippen LogP contribution in [0.15, 0.2) is 24.3 Å². The second-order valence-electron chi connectivity index (χ2n) is 10.1. The quantitative estimate of drug-likeness (QED) is 0.276. The number of fused-ring (bicyclic) bond motifs is 2. The van der Waals surface area contributed by atoms with Gasteiger partial charge in [0.15, 0.2) is 5.75 Å². The van der Waals surface area contributed by atoms with E-state index in [1.54, 1.807) is 7.11 Å². The molecule has 5 nitrogen and oxygen atoms in total. The molecule has 0 unspecified atom stereocenters. The van der Waals surface area contributed by atoms with E-state index in [1.807, 2.05) is 18.2 Å². The van der Waals surface area contributed by atoms with Gasteiger partial charge in [0.1, 0.15) is 11.9 Å². The molecule has 2 aromatic rings. The van der Waals surface area contributed by atoms with Gasteiger partial charge in [-0.1, -0.05) is 12.1 Å². The number of benzene rings is 2. The summed E-state index contributed by atoms with van der Waals surface area (Å²) in [6.07, 6.45) is 3.33. The molecule has 2 bridgehead atoms. The highest BCUT2D eigenvalue weighted by molar-refractivity contribution is 5.58. The average Bonchev–Trinajstić information content (AvgIpc) is 3.16. The van der Waals surface area contributed by atoms with Crippen LogP contribution >= 0.6 is 0 Å². The summed E-state index contributed by atoms with van der Waals surface area (Å²) in [7, 11) is 1.69. The van der Waals surface area contributed by atoms with Crippen LogP contribution in [0.5, 0.6) is 11.5 Å². The molecule has 3 aliphatic heterocycles. The van der Waals surface area contributed by atoms with Crippen LogP contribution in [0.25, 0.3) is 0 Å². The predicted octanol–water partition coefficient (Wildman–Crippen LogP) is 4.98. The molecule has 5 rings (SSSR count). The molecule has 2 aromatic carbocycles. The number of hydrogen-bond acceptors (Lipinski definition) is 5. The standard InChI is InChI=1S/C27H32F5N3O2/c1-36-21-6-3-2-5-20(21)34-13-11-33(12-14-34)9-4-10-35-17-7-8-18(35)16-19(15-17)37-27-25(31)23(29)22(28)24(30)26(27)32/h2-3,5-6,17-19H,4,7-16H2,1H3/t17-,18+,19+. The summed E-state index contributed by atoms with van der Waals surface area (Å²) in [4.78, 5) is 7.25. The molecule has 3 heterocycles. The molecule has 202 valence electrons. The van der Waals surface area contributed by atoms with E-state index in [1.165, 1.54) is 0 Å². The van der Waals surface area contributed by atoms with Crippen LogP contribution in [0, 0.1) is 29.1 Å². The minimum atomic E-state index is -2.17. The first-order chi connectivity index (χ1) is 17.9. The summed E-state index contributed by atoms with van der Waals surface area (Å²) >= 11 is 0. The highest BCUT2D eigenvalue weighted by atomic mass is 19.2. The van der Waals surface area contributed by atoms with Crippen LogP contribution in [0.1, 0.15) is 32.1 Å². The zero-order valence-corrected chi connectivity index (χ0v) is 20.9. The Bertz CT molecular complexity index is 1070. The third kappa shape index (κ3) is 5.23. The molecule has 0 spiro atoms. The lowest BCUT2D eigenvalue weighted by molar-refractivity contribution is 0.0415. The van der Waals surface area contributed by atoms with E-state index in [2.05, 4.69) is 20.8 Å². The van der Waals surface area contributed by atoms with Gasteiger partial charge in [0.2, 0.25) is 29.1 Å². The third-order valence-electron chi connectivity index (χ3n) is 7.98. The van der Waals surface area contributed by atoms with Crippen LogP contribution in [0.2, 0.25) is 0 Å². The second-order valence-corrected chi connectivity index (χ2v) is 10.1. The predicted molar refractivity (Wildman–Crippen MR) is 130 cm³/mol. The molecule has 0 aromatic heterocycles. The van der Waals surface area contributed by atoms with Gasteiger partial charge in [-0.25, -0.2) is 13.2 Å². The maximum Gasteiger partial charge on any atom is 0.207 e. The number of para-hydroxylation sites is 2. The number of piperazine rings is 1. The first-order valence-electron chi connectivity index (χ1n) is 12.9. The number of nitrogens with zero attached hydrogens (tertiary/aromatic N) is 3. The first-order valence-corrected chi connectivity index (χ1v) is 12.9. The van der Waals surface area contributed by atoms with E-state index in [9.17, 15) is 22.0 Å². The molecule has 3 saturated heterocycles. The van der Waals surface area contributed by atoms with Crippen molar-refractivity contribution in [2.75, 3.05) is 51.3 Å². The summed E-state index contributed by atoms with van der Waals surface area (Å²) < 4.78 is 79.5. The lowest BCUT2D eigenvalue weighted by atomic mass is 9.99. The molecule has 3 atom stereocenters. The second kappa shape index (κ2) is 11.0. The number of anilines is 1. The zero-order chi connectivity index (χ0) is 26.1. The summed E-state index contributed by atoms with van der Waals surface area (Å²) in [6, 6.07) is 8.44. The Hall–Kier alpha value is -2.59. The number of piperidine rings is 1. The van der Waals surface area contributed by atoms with Gasteiger partial charge in [-0.05, 0) is 57.3 Å². The smallest absolute Gasteiger partial charge is 0.207 e. The van der Waals surface area contributed by atoms with E-state index >= 15 is 0 Å². The van der Waals surface area contributed by atoms with Crippen molar-refractivity contribution in [2.45, 2.75) is 50.3 Å². The summed E-state index contributed by atoms with van der Waals surface area (Å²) in [5.41, 5.74) is 1.12. The van der Waals surface area contributed by atoms with Crippen LogP contribution < -0.4 is 14.4 Å². The van der Waals surface area contributed by atoms with Gasteiger partial charge in [0, 0.05) is 38.3 Å². The van der Waals surface area contributed by atoms with Crippen molar-refractivity contribution in [3.05, 3.63) is 53.4 Å². The van der Waals surface area contributed by atoms with Crippen molar-refractivity contribution >= 4 is 5.69 Å². The Balaban J connectivity index is 1.10. The van der Waals surface area contributed by atoms with E-state index < -0.39 is 40.9 Å². The lowest BCUT2D eigenvalue weighted by Crippen LogP contribution is -2.49. The van der Waals surface area contributed by atoms with Crippen molar-refractivity contribution in [3.8, 4) is 11.5 Å². The molecular weight excluding hydrogens is 493 g/mol. The summed E-state index contributed by atoms with van der Waals surface area (Å²) in [6.45, 7) is 5.72. The van der Waals surface area contributed by atoms with Crippen molar-refractivity contribution in [3.63, 3.8) is 0 Å². The molecule has 0 saturated carbocycles. The van der Waals surface area contributed by atoms with Gasteiger partial charge in [-0.15, -0.1) is 0 Å². The number of halogens is 5. The van der Waals surface area contributed by atoms with Crippen LogP contribution in [0.4, 0.5) is 27.6 Å². The zero-order valence-electron chi connectivity index (χ0n) is 20.9. The Morgan fingerprint density at radius 2 is 1.38 bits per heavy atom. The number of rotatable bonds is 8. The average molecular weight is 526 g/mol. The van der Waals surface area contributed by atoms with Crippen molar-refractivity contribution in [2.24, 2.45) is 0 Å². The monoisotopic (exact) mass is 525 g/mol. The Labute approximate surface area is 213 Å². The minimum absolute atomic E-state index is 0.187. The molecule has 37 heavy (non-hydrogen) atoms. The van der Waals surface area contributed by atoms with Crippen LogP contribution in [-0.4, -0.2) is 74.4 Å². The van der Waals surface area contributed by atoms with Crippen molar-refractivity contribution in [1.82, 2.24) is 9.80 Å². The van der Waals surface area contributed by atoms with Crippen LogP contribution in [-0.2, 0) is 0 Å². The van der Waals surface area contributed by atoms with Gasteiger partial charge in [0.25, 0.3) is 0 Å². The van der Waals surface area contributed by atoms with Gasteiger partial charge in [-0.3, -0.25) is 9.80 Å².